The highest BCUT2D eigenvalue weighted by Gasteiger charge is 2.59. The van der Waals surface area contributed by atoms with Gasteiger partial charge in [0.1, 0.15) is 11.7 Å². The number of Topliss-reactive ketones (excluding diaryl/α,β-unsaturated/α-hetero) is 1. The number of rotatable bonds is 3. The van der Waals surface area contributed by atoms with Crippen LogP contribution in [-0.2, 0) is 10.5 Å². The van der Waals surface area contributed by atoms with Crippen molar-refractivity contribution in [2.24, 2.45) is 5.92 Å². The van der Waals surface area contributed by atoms with Gasteiger partial charge in [-0.05, 0) is 12.1 Å². The van der Waals surface area contributed by atoms with Gasteiger partial charge in [-0.15, -0.1) is 0 Å². The van der Waals surface area contributed by atoms with Crippen molar-refractivity contribution in [3.63, 3.8) is 0 Å². The number of halogens is 5. The Balaban J connectivity index is 2.26. The molecule has 0 aliphatic carbocycles. The van der Waals surface area contributed by atoms with Crippen LogP contribution >= 0.6 is 11.6 Å². The van der Waals surface area contributed by atoms with E-state index in [1.54, 1.807) is 0 Å². The van der Waals surface area contributed by atoms with E-state index in [2.05, 4.69) is 5.32 Å². The van der Waals surface area contributed by atoms with Crippen molar-refractivity contribution in [2.45, 2.75) is 17.9 Å². The Kier molecular flexibility index (Phi) is 5.07. The number of benzene rings is 2. The summed E-state index contributed by atoms with van der Waals surface area (Å²) >= 11 is 5.95. The first-order valence-electron chi connectivity index (χ1n) is 7.97. The van der Waals surface area contributed by atoms with Gasteiger partial charge in [-0.25, -0.2) is 9.18 Å². The van der Waals surface area contributed by atoms with Crippen LogP contribution in [-0.4, -0.2) is 23.1 Å². The minimum Gasteiger partial charge on any atom is -0.366 e. The molecule has 0 spiro atoms. The van der Waals surface area contributed by atoms with E-state index in [-0.39, 0.29) is 10.6 Å². The summed E-state index contributed by atoms with van der Waals surface area (Å²) in [5.74, 6) is -5.73. The molecule has 0 radical (unpaired) electrons. The molecule has 148 valence electrons. The predicted molar refractivity (Wildman–Crippen MR) is 90.7 cm³/mol. The molecule has 1 saturated heterocycles. The molecule has 1 heterocycles. The number of urea groups is 1. The zero-order chi connectivity index (χ0) is 20.7. The topological polar surface area (TPSA) is 78.4 Å². The lowest BCUT2D eigenvalue weighted by atomic mass is 9.76. The molecule has 5 nitrogen and oxygen atoms in total. The van der Waals surface area contributed by atoms with Gasteiger partial charge >= 0.3 is 12.2 Å². The maximum Gasteiger partial charge on any atom is 0.450 e. The van der Waals surface area contributed by atoms with Gasteiger partial charge < -0.3 is 15.7 Å². The molecular formula is C18H13ClF4N2O3. The fourth-order valence-corrected chi connectivity index (χ4v) is 3.54. The van der Waals surface area contributed by atoms with Gasteiger partial charge in [0.2, 0.25) is 5.78 Å². The van der Waals surface area contributed by atoms with Crippen molar-refractivity contribution in [1.29, 1.82) is 0 Å². The minimum absolute atomic E-state index is 0.176. The zero-order valence-electron chi connectivity index (χ0n) is 13.9. The molecule has 1 aliphatic rings. The summed E-state index contributed by atoms with van der Waals surface area (Å²) in [4.78, 5) is 24.4. The Labute approximate surface area is 161 Å². The molecule has 3 N–H and O–H groups in total. The fourth-order valence-electron chi connectivity index (χ4n) is 3.26. The molecule has 3 atom stereocenters. The third-order valence-corrected chi connectivity index (χ3v) is 4.79. The van der Waals surface area contributed by atoms with E-state index in [9.17, 15) is 32.3 Å². The quantitative estimate of drug-likeness (QED) is 0.671. The Hall–Kier alpha value is -2.65. The third kappa shape index (κ3) is 3.43. The maximum atomic E-state index is 14.4. The zero-order valence-corrected chi connectivity index (χ0v) is 14.7. The summed E-state index contributed by atoms with van der Waals surface area (Å²) in [5, 5.41) is 14.8. The van der Waals surface area contributed by atoms with Gasteiger partial charge in [-0.3, -0.25) is 4.79 Å². The highest BCUT2D eigenvalue weighted by Crippen LogP contribution is 2.44. The van der Waals surface area contributed by atoms with Crippen molar-refractivity contribution in [2.75, 3.05) is 0 Å². The van der Waals surface area contributed by atoms with Crippen molar-refractivity contribution < 1.29 is 32.3 Å². The lowest BCUT2D eigenvalue weighted by Gasteiger charge is -2.45. The van der Waals surface area contributed by atoms with Gasteiger partial charge in [0, 0.05) is 16.1 Å². The molecule has 1 aliphatic heterocycles. The summed E-state index contributed by atoms with van der Waals surface area (Å²) in [6, 6.07) is 7.18. The molecule has 0 aromatic heterocycles. The number of amides is 2. The molecule has 2 aromatic rings. The number of carbonyl (C=O) groups is 2. The van der Waals surface area contributed by atoms with Crippen molar-refractivity contribution in [1.82, 2.24) is 10.6 Å². The van der Waals surface area contributed by atoms with E-state index < -0.39 is 47.1 Å². The summed E-state index contributed by atoms with van der Waals surface area (Å²) in [6.07, 6.45) is -5.37. The summed E-state index contributed by atoms with van der Waals surface area (Å²) in [5.41, 5.74) is -3.46. The van der Waals surface area contributed by atoms with E-state index in [1.807, 2.05) is 5.32 Å². The SMILES string of the molecule is O=C1NC(c2c(F)cccc2Cl)C(C(=O)C(F)(F)F)C(O)(c2ccccc2)N1. The van der Waals surface area contributed by atoms with Gasteiger partial charge in [0.15, 0.2) is 5.72 Å². The summed E-state index contributed by atoms with van der Waals surface area (Å²) < 4.78 is 54.5. The van der Waals surface area contributed by atoms with E-state index >= 15 is 0 Å². The largest absolute Gasteiger partial charge is 0.450 e. The number of nitrogens with one attached hydrogen (secondary N) is 2. The average molecular weight is 417 g/mol. The third-order valence-electron chi connectivity index (χ3n) is 4.46. The Morgan fingerprint density at radius 3 is 2.32 bits per heavy atom. The van der Waals surface area contributed by atoms with Crippen LogP contribution in [0.3, 0.4) is 0 Å². The Bertz CT molecular complexity index is 903. The number of aliphatic hydroxyl groups is 1. The minimum atomic E-state index is -5.37. The monoisotopic (exact) mass is 416 g/mol. The van der Waals surface area contributed by atoms with E-state index in [4.69, 9.17) is 11.6 Å². The van der Waals surface area contributed by atoms with Crippen LogP contribution in [0.15, 0.2) is 48.5 Å². The lowest BCUT2D eigenvalue weighted by Crippen LogP contribution is -2.66. The maximum absolute atomic E-state index is 14.4. The van der Waals surface area contributed by atoms with Crippen LogP contribution in [0.25, 0.3) is 0 Å². The molecule has 0 bridgehead atoms. The number of ketones is 1. The number of hydrogen-bond donors (Lipinski definition) is 3. The molecule has 0 saturated carbocycles. The van der Waals surface area contributed by atoms with Crippen molar-refractivity contribution in [3.8, 4) is 0 Å². The van der Waals surface area contributed by atoms with Crippen LogP contribution in [0.2, 0.25) is 5.02 Å². The molecule has 3 rings (SSSR count). The van der Waals surface area contributed by atoms with Crippen LogP contribution in [0, 0.1) is 11.7 Å². The molecule has 2 amide bonds. The first kappa shape index (κ1) is 20.1. The first-order chi connectivity index (χ1) is 13.1. The molecule has 1 fully saturated rings. The first-order valence-corrected chi connectivity index (χ1v) is 8.35. The predicted octanol–water partition coefficient (Wildman–Crippen LogP) is 3.43. The summed E-state index contributed by atoms with van der Waals surface area (Å²) in [7, 11) is 0. The average Bonchev–Trinajstić information content (AvgIpc) is 2.61. The molecule has 3 unspecified atom stereocenters. The van der Waals surface area contributed by atoms with Gasteiger partial charge in [0.25, 0.3) is 0 Å². The Morgan fingerprint density at radius 1 is 1.11 bits per heavy atom. The van der Waals surface area contributed by atoms with Crippen LogP contribution in [0.1, 0.15) is 17.2 Å². The van der Waals surface area contributed by atoms with Crippen LogP contribution in [0.4, 0.5) is 22.4 Å². The molecule has 10 heteroatoms. The van der Waals surface area contributed by atoms with Gasteiger partial charge in [-0.2, -0.15) is 13.2 Å². The number of carbonyl (C=O) groups excluding carboxylic acids is 2. The van der Waals surface area contributed by atoms with E-state index in [0.29, 0.717) is 0 Å². The highest BCUT2D eigenvalue weighted by molar-refractivity contribution is 6.31. The van der Waals surface area contributed by atoms with Gasteiger partial charge in [0.05, 0.1) is 6.04 Å². The second-order valence-electron chi connectivity index (χ2n) is 6.18. The van der Waals surface area contributed by atoms with E-state index in [1.165, 1.54) is 42.5 Å². The lowest BCUT2D eigenvalue weighted by molar-refractivity contribution is -0.190. The van der Waals surface area contributed by atoms with Crippen LogP contribution in [0.5, 0.6) is 0 Å². The standard InChI is InChI=1S/C18H13ClF4N2O3/c19-10-7-4-8-11(20)12(10)14-13(15(26)18(21,22)23)17(28,25-16(27)24-14)9-5-2-1-3-6-9/h1-8,13-14,28H,(H2,24,25,27). The van der Waals surface area contributed by atoms with Crippen LogP contribution < -0.4 is 10.6 Å². The highest BCUT2D eigenvalue weighted by atomic mass is 35.5. The summed E-state index contributed by atoms with van der Waals surface area (Å²) in [6.45, 7) is 0. The second-order valence-corrected chi connectivity index (χ2v) is 6.59. The second kappa shape index (κ2) is 7.06. The normalized spacial score (nSPS) is 25.0. The fraction of sp³-hybridized carbons (Fsp3) is 0.222. The smallest absolute Gasteiger partial charge is 0.366 e. The van der Waals surface area contributed by atoms with Crippen molar-refractivity contribution in [3.05, 3.63) is 70.5 Å². The van der Waals surface area contributed by atoms with Gasteiger partial charge in [-0.1, -0.05) is 48.0 Å². The number of alkyl halides is 3. The van der Waals surface area contributed by atoms with Crippen molar-refractivity contribution >= 4 is 23.4 Å². The Morgan fingerprint density at radius 2 is 1.75 bits per heavy atom. The number of hydrogen-bond acceptors (Lipinski definition) is 3. The molecule has 2 aromatic carbocycles. The molecule has 28 heavy (non-hydrogen) atoms. The molecular weight excluding hydrogens is 404 g/mol. The van der Waals surface area contributed by atoms with E-state index in [0.717, 1.165) is 6.07 Å².